The summed E-state index contributed by atoms with van der Waals surface area (Å²) >= 11 is 6.23. The van der Waals surface area contributed by atoms with Crippen LogP contribution in [0.2, 0.25) is 5.02 Å². The van der Waals surface area contributed by atoms with Gasteiger partial charge >= 0.3 is 5.69 Å². The third-order valence-electron chi connectivity index (χ3n) is 4.53. The molecule has 2 aromatic rings. The van der Waals surface area contributed by atoms with Crippen molar-refractivity contribution in [1.82, 2.24) is 10.2 Å². The number of nitro groups is 1. The van der Waals surface area contributed by atoms with E-state index < -0.39 is 16.9 Å². The van der Waals surface area contributed by atoms with Crippen LogP contribution in [0, 0.1) is 10.1 Å². The fraction of sp³-hybridized carbons (Fsp3) is 0.333. The Morgan fingerprint density at radius 1 is 1.26 bits per heavy atom. The average molecular weight is 450 g/mol. The minimum atomic E-state index is -0.765. The quantitative estimate of drug-likeness (QED) is 0.440. The SMILES string of the molecule is CCNC(=O)[C@H](C)N(Cc1ccccc1Cl)C(=O)COc1ccc([N+](=O)[O-])c(OC)c1. The van der Waals surface area contributed by atoms with Crippen LogP contribution in [-0.2, 0) is 16.1 Å². The summed E-state index contributed by atoms with van der Waals surface area (Å²) in [4.78, 5) is 37.1. The number of methoxy groups -OCH3 is 1. The molecule has 0 spiro atoms. The minimum Gasteiger partial charge on any atom is -0.490 e. The lowest BCUT2D eigenvalue weighted by atomic mass is 10.1. The van der Waals surface area contributed by atoms with Gasteiger partial charge in [0.1, 0.15) is 11.8 Å². The molecule has 0 saturated heterocycles. The van der Waals surface area contributed by atoms with E-state index in [0.29, 0.717) is 17.1 Å². The molecule has 1 N–H and O–H groups in total. The van der Waals surface area contributed by atoms with Gasteiger partial charge in [0, 0.05) is 30.2 Å². The van der Waals surface area contributed by atoms with E-state index in [1.165, 1.54) is 30.2 Å². The Bertz CT molecular complexity index is 952. The highest BCUT2D eigenvalue weighted by molar-refractivity contribution is 6.31. The second kappa shape index (κ2) is 11.2. The van der Waals surface area contributed by atoms with Crippen molar-refractivity contribution in [3.63, 3.8) is 0 Å². The lowest BCUT2D eigenvalue weighted by Gasteiger charge is -2.29. The van der Waals surface area contributed by atoms with E-state index in [-0.39, 0.29) is 36.2 Å². The van der Waals surface area contributed by atoms with Crippen molar-refractivity contribution in [1.29, 1.82) is 0 Å². The number of nitrogens with one attached hydrogen (secondary N) is 1. The van der Waals surface area contributed by atoms with E-state index in [4.69, 9.17) is 21.1 Å². The van der Waals surface area contributed by atoms with Gasteiger partial charge in [-0.2, -0.15) is 0 Å². The van der Waals surface area contributed by atoms with Crippen molar-refractivity contribution in [3.05, 3.63) is 63.2 Å². The first-order chi connectivity index (χ1) is 14.8. The summed E-state index contributed by atoms with van der Waals surface area (Å²) in [7, 11) is 1.30. The Labute approximate surface area is 185 Å². The normalized spacial score (nSPS) is 11.4. The van der Waals surface area contributed by atoms with Crippen LogP contribution in [0.15, 0.2) is 42.5 Å². The first-order valence-corrected chi connectivity index (χ1v) is 9.92. The van der Waals surface area contributed by atoms with Crippen molar-refractivity contribution >= 4 is 29.1 Å². The van der Waals surface area contributed by atoms with Crippen molar-refractivity contribution in [2.24, 2.45) is 0 Å². The van der Waals surface area contributed by atoms with Gasteiger partial charge in [-0.05, 0) is 31.5 Å². The van der Waals surface area contributed by atoms with E-state index in [1.807, 2.05) is 0 Å². The van der Waals surface area contributed by atoms with E-state index >= 15 is 0 Å². The molecular weight excluding hydrogens is 426 g/mol. The highest BCUT2D eigenvalue weighted by Gasteiger charge is 2.27. The van der Waals surface area contributed by atoms with Crippen LogP contribution < -0.4 is 14.8 Å². The highest BCUT2D eigenvalue weighted by atomic mass is 35.5. The standard InChI is InChI=1S/C21H24ClN3O6/c1-4-23-21(27)14(2)24(12-15-7-5-6-8-17(15)22)20(26)13-31-16-9-10-18(25(28)29)19(11-16)30-3/h5-11,14H,4,12-13H2,1-3H3,(H,23,27)/t14-/m0/s1. The Hall–Kier alpha value is -3.33. The Morgan fingerprint density at radius 2 is 1.97 bits per heavy atom. The lowest BCUT2D eigenvalue weighted by Crippen LogP contribution is -2.49. The van der Waals surface area contributed by atoms with Crippen molar-refractivity contribution in [3.8, 4) is 11.5 Å². The van der Waals surface area contributed by atoms with E-state index in [9.17, 15) is 19.7 Å². The fourth-order valence-electron chi connectivity index (χ4n) is 2.84. The third-order valence-corrected chi connectivity index (χ3v) is 4.90. The smallest absolute Gasteiger partial charge is 0.311 e. The second-order valence-corrected chi connectivity index (χ2v) is 6.97. The molecule has 2 amide bonds. The van der Waals surface area contributed by atoms with Gasteiger partial charge in [0.2, 0.25) is 11.7 Å². The summed E-state index contributed by atoms with van der Waals surface area (Å²) in [5.41, 5.74) is 0.469. The molecule has 0 radical (unpaired) electrons. The zero-order valence-electron chi connectivity index (χ0n) is 17.5. The largest absolute Gasteiger partial charge is 0.490 e. The average Bonchev–Trinajstić information content (AvgIpc) is 2.76. The Kier molecular flexibility index (Phi) is 8.63. The van der Waals surface area contributed by atoms with Gasteiger partial charge in [-0.25, -0.2) is 0 Å². The van der Waals surface area contributed by atoms with Crippen LogP contribution in [0.5, 0.6) is 11.5 Å². The molecule has 1 atom stereocenters. The number of rotatable bonds is 10. The lowest BCUT2D eigenvalue weighted by molar-refractivity contribution is -0.385. The molecule has 0 aromatic heterocycles. The molecule has 2 rings (SSSR count). The Balaban J connectivity index is 2.19. The summed E-state index contributed by atoms with van der Waals surface area (Å²) in [5, 5.41) is 14.2. The van der Waals surface area contributed by atoms with Crippen LogP contribution in [0.4, 0.5) is 5.69 Å². The van der Waals surface area contributed by atoms with Crippen molar-refractivity contribution in [2.75, 3.05) is 20.3 Å². The number of nitrogens with zero attached hydrogens (tertiary/aromatic N) is 2. The van der Waals surface area contributed by atoms with Crippen LogP contribution in [0.1, 0.15) is 19.4 Å². The molecule has 166 valence electrons. The number of benzene rings is 2. The van der Waals surface area contributed by atoms with Gasteiger partial charge in [0.15, 0.2) is 6.61 Å². The number of ether oxygens (including phenoxy) is 2. The zero-order chi connectivity index (χ0) is 23.0. The molecule has 9 nitrogen and oxygen atoms in total. The number of nitro benzene ring substituents is 1. The molecule has 0 heterocycles. The van der Waals surface area contributed by atoms with Gasteiger partial charge in [0.05, 0.1) is 12.0 Å². The maximum Gasteiger partial charge on any atom is 0.311 e. The molecule has 0 aliphatic heterocycles. The summed E-state index contributed by atoms with van der Waals surface area (Å²) in [6.45, 7) is 3.57. The molecule has 10 heteroatoms. The number of hydrogen-bond donors (Lipinski definition) is 1. The van der Waals surface area contributed by atoms with Gasteiger partial charge < -0.3 is 19.7 Å². The number of halogens is 1. The van der Waals surface area contributed by atoms with E-state index in [1.54, 1.807) is 38.1 Å². The van der Waals surface area contributed by atoms with E-state index in [0.717, 1.165) is 0 Å². The highest BCUT2D eigenvalue weighted by Crippen LogP contribution is 2.30. The molecule has 31 heavy (non-hydrogen) atoms. The van der Waals surface area contributed by atoms with Crippen molar-refractivity contribution < 1.29 is 24.0 Å². The summed E-state index contributed by atoms with van der Waals surface area (Å²) in [6, 6.07) is 10.2. The second-order valence-electron chi connectivity index (χ2n) is 6.56. The van der Waals surface area contributed by atoms with Crippen LogP contribution in [0.25, 0.3) is 0 Å². The van der Waals surface area contributed by atoms with Gasteiger partial charge in [-0.1, -0.05) is 29.8 Å². The van der Waals surface area contributed by atoms with Crippen LogP contribution in [-0.4, -0.2) is 47.9 Å². The van der Waals surface area contributed by atoms with E-state index in [2.05, 4.69) is 5.32 Å². The summed E-state index contributed by atoms with van der Waals surface area (Å²) in [6.07, 6.45) is 0. The minimum absolute atomic E-state index is 0.0126. The molecule has 2 aromatic carbocycles. The van der Waals surface area contributed by atoms with Gasteiger partial charge in [-0.3, -0.25) is 19.7 Å². The molecule has 0 bridgehead atoms. The Morgan fingerprint density at radius 3 is 2.58 bits per heavy atom. The topological polar surface area (TPSA) is 111 Å². The number of amides is 2. The monoisotopic (exact) mass is 449 g/mol. The van der Waals surface area contributed by atoms with Gasteiger partial charge in [0.25, 0.3) is 5.91 Å². The third kappa shape index (κ3) is 6.32. The number of carbonyl (C=O) groups excluding carboxylic acids is 2. The predicted molar refractivity (Wildman–Crippen MR) is 115 cm³/mol. The number of hydrogen-bond acceptors (Lipinski definition) is 6. The first-order valence-electron chi connectivity index (χ1n) is 9.54. The fourth-order valence-corrected chi connectivity index (χ4v) is 3.04. The molecule has 0 unspecified atom stereocenters. The maximum atomic E-state index is 13.0. The van der Waals surface area contributed by atoms with Gasteiger partial charge in [-0.15, -0.1) is 0 Å². The summed E-state index contributed by atoms with van der Waals surface area (Å²) in [5.74, 6) is -0.520. The maximum absolute atomic E-state index is 13.0. The molecule has 0 aliphatic rings. The number of carbonyl (C=O) groups is 2. The molecule has 0 fully saturated rings. The van der Waals surface area contributed by atoms with Crippen molar-refractivity contribution in [2.45, 2.75) is 26.4 Å². The van der Waals surface area contributed by atoms with Crippen LogP contribution >= 0.6 is 11.6 Å². The zero-order valence-corrected chi connectivity index (χ0v) is 18.2. The predicted octanol–water partition coefficient (Wildman–Crippen LogP) is 3.19. The molecule has 0 aliphatic carbocycles. The number of likely N-dealkylation sites (N-methyl/N-ethyl adjacent to an activating group) is 1. The van der Waals surface area contributed by atoms with Crippen LogP contribution in [0.3, 0.4) is 0 Å². The first kappa shape index (κ1) is 23.9. The summed E-state index contributed by atoms with van der Waals surface area (Å²) < 4.78 is 10.5. The molecule has 0 saturated carbocycles. The molecular formula is C21H24ClN3O6.